The molecule has 0 N–H and O–H groups in total. The SMILES string of the molecule is COc1ccc(CN2CCc3c(c(C(=O)N4CCOCC4)nn3CCCc3ccccc3)C2)c(F)c1. The summed E-state index contributed by atoms with van der Waals surface area (Å²) in [6.07, 6.45) is 2.69. The van der Waals surface area contributed by atoms with Crippen molar-refractivity contribution in [3.8, 4) is 5.75 Å². The van der Waals surface area contributed by atoms with Gasteiger partial charge in [-0.2, -0.15) is 5.10 Å². The van der Waals surface area contributed by atoms with Crippen molar-refractivity contribution in [1.82, 2.24) is 19.6 Å². The smallest absolute Gasteiger partial charge is 0.274 e. The second-order valence-corrected chi connectivity index (χ2v) is 9.41. The molecule has 5 rings (SSSR count). The van der Waals surface area contributed by atoms with Gasteiger partial charge in [0.2, 0.25) is 0 Å². The van der Waals surface area contributed by atoms with E-state index in [0.717, 1.165) is 43.6 Å². The fourth-order valence-corrected chi connectivity index (χ4v) is 5.06. The number of hydrogen-bond donors (Lipinski definition) is 0. The van der Waals surface area contributed by atoms with Crippen molar-refractivity contribution in [3.63, 3.8) is 0 Å². The van der Waals surface area contributed by atoms with Crippen LogP contribution in [-0.2, 0) is 37.2 Å². The highest BCUT2D eigenvalue weighted by Crippen LogP contribution is 2.27. The number of carbonyl (C=O) groups excluding carboxylic acids is 1. The lowest BCUT2D eigenvalue weighted by atomic mass is 10.0. The molecular weight excluding hydrogens is 459 g/mol. The van der Waals surface area contributed by atoms with Crippen LogP contribution in [-0.4, -0.2) is 65.4 Å². The molecule has 0 saturated carbocycles. The average Bonchev–Trinajstić information content (AvgIpc) is 3.28. The monoisotopic (exact) mass is 492 g/mol. The fraction of sp³-hybridized carbons (Fsp3) is 0.429. The number of nitrogens with zero attached hydrogens (tertiary/aromatic N) is 4. The van der Waals surface area contributed by atoms with E-state index in [9.17, 15) is 9.18 Å². The van der Waals surface area contributed by atoms with Crippen LogP contribution in [0, 0.1) is 5.82 Å². The molecule has 0 unspecified atom stereocenters. The minimum Gasteiger partial charge on any atom is -0.497 e. The van der Waals surface area contributed by atoms with E-state index in [4.69, 9.17) is 14.6 Å². The molecule has 2 aromatic carbocycles. The zero-order valence-corrected chi connectivity index (χ0v) is 20.8. The number of hydrogen-bond acceptors (Lipinski definition) is 5. The minimum absolute atomic E-state index is 0.0335. The van der Waals surface area contributed by atoms with Crippen molar-refractivity contribution in [3.05, 3.63) is 82.4 Å². The molecule has 3 aromatic rings. The quantitative estimate of drug-likeness (QED) is 0.480. The van der Waals surface area contributed by atoms with Crippen molar-refractivity contribution < 1.29 is 18.7 Å². The molecule has 1 fully saturated rings. The van der Waals surface area contributed by atoms with E-state index in [1.165, 1.54) is 18.7 Å². The van der Waals surface area contributed by atoms with Gasteiger partial charge in [-0.25, -0.2) is 4.39 Å². The number of fused-ring (bicyclic) bond motifs is 1. The predicted octanol–water partition coefficient (Wildman–Crippen LogP) is 3.69. The van der Waals surface area contributed by atoms with Gasteiger partial charge in [-0.15, -0.1) is 0 Å². The van der Waals surface area contributed by atoms with Gasteiger partial charge in [-0.05, 0) is 24.5 Å². The van der Waals surface area contributed by atoms with Crippen LogP contribution in [0.5, 0.6) is 5.75 Å². The van der Waals surface area contributed by atoms with Crippen molar-refractivity contribution in [2.24, 2.45) is 0 Å². The molecule has 0 radical (unpaired) electrons. The lowest BCUT2D eigenvalue weighted by molar-refractivity contribution is 0.0297. The van der Waals surface area contributed by atoms with Crippen LogP contribution in [0.15, 0.2) is 48.5 Å². The molecule has 3 heterocycles. The molecular formula is C28H33FN4O3. The summed E-state index contributed by atoms with van der Waals surface area (Å²) in [5.74, 6) is 0.197. The Morgan fingerprint density at radius 1 is 1.11 bits per heavy atom. The molecule has 8 heteroatoms. The summed E-state index contributed by atoms with van der Waals surface area (Å²) < 4.78 is 27.2. The predicted molar refractivity (Wildman–Crippen MR) is 134 cm³/mol. The fourth-order valence-electron chi connectivity index (χ4n) is 5.06. The molecule has 36 heavy (non-hydrogen) atoms. The number of halogens is 1. The lowest BCUT2D eigenvalue weighted by Gasteiger charge is -2.29. The Hall–Kier alpha value is -3.23. The van der Waals surface area contributed by atoms with Crippen LogP contribution in [0.4, 0.5) is 4.39 Å². The lowest BCUT2D eigenvalue weighted by Crippen LogP contribution is -2.41. The second kappa shape index (κ2) is 11.2. The van der Waals surface area contributed by atoms with E-state index in [-0.39, 0.29) is 11.7 Å². The van der Waals surface area contributed by atoms with Gasteiger partial charge in [0, 0.05) is 68.6 Å². The van der Waals surface area contributed by atoms with Gasteiger partial charge in [0.1, 0.15) is 11.6 Å². The molecule has 0 bridgehead atoms. The number of benzene rings is 2. The van der Waals surface area contributed by atoms with E-state index in [1.807, 2.05) is 15.6 Å². The number of aryl methyl sites for hydroxylation is 2. The van der Waals surface area contributed by atoms with E-state index in [0.29, 0.717) is 56.4 Å². The van der Waals surface area contributed by atoms with Crippen LogP contribution in [0.2, 0.25) is 0 Å². The van der Waals surface area contributed by atoms with Crippen molar-refractivity contribution >= 4 is 5.91 Å². The van der Waals surface area contributed by atoms with Crippen LogP contribution >= 0.6 is 0 Å². The number of amides is 1. The van der Waals surface area contributed by atoms with Crippen LogP contribution < -0.4 is 4.74 Å². The zero-order valence-electron chi connectivity index (χ0n) is 20.8. The van der Waals surface area contributed by atoms with Gasteiger partial charge >= 0.3 is 0 Å². The largest absolute Gasteiger partial charge is 0.497 e. The number of carbonyl (C=O) groups is 1. The van der Waals surface area contributed by atoms with Gasteiger partial charge in [0.25, 0.3) is 5.91 Å². The highest BCUT2D eigenvalue weighted by Gasteiger charge is 2.31. The maximum atomic E-state index is 14.6. The highest BCUT2D eigenvalue weighted by atomic mass is 19.1. The Morgan fingerprint density at radius 2 is 1.92 bits per heavy atom. The second-order valence-electron chi connectivity index (χ2n) is 9.41. The molecule has 0 aliphatic carbocycles. The molecule has 0 spiro atoms. The molecule has 1 aromatic heterocycles. The minimum atomic E-state index is -0.277. The molecule has 190 valence electrons. The van der Waals surface area contributed by atoms with Crippen LogP contribution in [0.1, 0.15) is 39.3 Å². The van der Waals surface area contributed by atoms with Crippen molar-refractivity contribution in [1.29, 1.82) is 0 Å². The summed E-state index contributed by atoms with van der Waals surface area (Å²) in [5.41, 5.74) is 4.57. The van der Waals surface area contributed by atoms with Crippen LogP contribution in [0.3, 0.4) is 0 Å². The first kappa shape index (κ1) is 24.5. The van der Waals surface area contributed by atoms with Gasteiger partial charge < -0.3 is 14.4 Å². The summed E-state index contributed by atoms with van der Waals surface area (Å²) in [5, 5.41) is 4.85. The third kappa shape index (κ3) is 5.44. The first-order valence-electron chi connectivity index (χ1n) is 12.7. The van der Waals surface area contributed by atoms with Crippen molar-refractivity contribution in [2.45, 2.75) is 38.9 Å². The van der Waals surface area contributed by atoms with Gasteiger partial charge in [-0.1, -0.05) is 36.4 Å². The summed E-state index contributed by atoms with van der Waals surface area (Å²) in [7, 11) is 1.53. The normalized spacial score (nSPS) is 16.1. The summed E-state index contributed by atoms with van der Waals surface area (Å²) in [4.78, 5) is 17.5. The molecule has 1 saturated heterocycles. The number of morpholine rings is 1. The van der Waals surface area contributed by atoms with E-state index >= 15 is 0 Å². The molecule has 2 aliphatic rings. The van der Waals surface area contributed by atoms with E-state index < -0.39 is 0 Å². The van der Waals surface area contributed by atoms with Gasteiger partial charge in [0.15, 0.2) is 5.69 Å². The number of aromatic nitrogens is 2. The maximum absolute atomic E-state index is 14.6. The topological polar surface area (TPSA) is 59.8 Å². The third-order valence-electron chi connectivity index (χ3n) is 7.05. The summed E-state index contributed by atoms with van der Waals surface area (Å²) >= 11 is 0. The Bertz CT molecular complexity index is 1190. The average molecular weight is 493 g/mol. The first-order chi connectivity index (χ1) is 17.6. The Labute approximate surface area is 211 Å². The van der Waals surface area contributed by atoms with Crippen molar-refractivity contribution in [2.75, 3.05) is 40.0 Å². The van der Waals surface area contributed by atoms with Crippen LogP contribution in [0.25, 0.3) is 0 Å². The third-order valence-corrected chi connectivity index (χ3v) is 7.05. The summed E-state index contributed by atoms with van der Waals surface area (Å²) in [6.45, 7) is 4.85. The molecule has 0 atom stereocenters. The van der Waals surface area contributed by atoms with E-state index in [2.05, 4.69) is 29.2 Å². The number of ether oxygens (including phenoxy) is 2. The molecule has 7 nitrogen and oxygen atoms in total. The van der Waals surface area contributed by atoms with Gasteiger partial charge in [0.05, 0.1) is 20.3 Å². The molecule has 1 amide bonds. The number of rotatable bonds is 8. The highest BCUT2D eigenvalue weighted by molar-refractivity contribution is 5.94. The Morgan fingerprint density at radius 3 is 2.67 bits per heavy atom. The van der Waals surface area contributed by atoms with E-state index in [1.54, 1.807) is 12.1 Å². The molecule has 2 aliphatic heterocycles. The standard InChI is InChI=1S/C28H33FN4O3/c1-35-23-10-9-22(25(29)18-23)19-31-13-11-26-24(20-31)27(28(34)32-14-16-36-17-15-32)30-33(26)12-5-8-21-6-3-2-4-7-21/h2-4,6-7,9-10,18H,5,8,11-17,19-20H2,1H3. The Balaban J connectivity index is 1.35. The zero-order chi connectivity index (χ0) is 24.9. The maximum Gasteiger partial charge on any atom is 0.274 e. The Kier molecular flexibility index (Phi) is 7.63. The summed E-state index contributed by atoms with van der Waals surface area (Å²) in [6, 6.07) is 15.4. The first-order valence-corrected chi connectivity index (χ1v) is 12.7. The number of methoxy groups -OCH3 is 1. The van der Waals surface area contributed by atoms with Gasteiger partial charge in [-0.3, -0.25) is 14.4 Å².